The number of nitrogens with zero attached hydrogens (tertiary/aromatic N) is 1. The van der Waals surface area contributed by atoms with Gasteiger partial charge in [-0.3, -0.25) is 9.78 Å². The highest BCUT2D eigenvalue weighted by atomic mass is 35.5. The number of benzene rings is 1. The van der Waals surface area contributed by atoms with Crippen molar-refractivity contribution in [1.29, 1.82) is 0 Å². The van der Waals surface area contributed by atoms with Crippen LogP contribution in [0.15, 0.2) is 29.1 Å². The molecule has 0 spiro atoms. The van der Waals surface area contributed by atoms with Crippen molar-refractivity contribution < 1.29 is 0 Å². The van der Waals surface area contributed by atoms with Gasteiger partial charge in [0.2, 0.25) is 0 Å². The van der Waals surface area contributed by atoms with Crippen LogP contribution in [0.5, 0.6) is 0 Å². The molecule has 0 amide bonds. The molecule has 3 nitrogen and oxygen atoms in total. The maximum atomic E-state index is 10.8. The molecule has 0 unspecified atom stereocenters. The second kappa shape index (κ2) is 6.45. The van der Waals surface area contributed by atoms with Crippen LogP contribution in [0.3, 0.4) is 0 Å². The minimum Gasteiger partial charge on any atom is -0.299 e. The van der Waals surface area contributed by atoms with Crippen molar-refractivity contribution in [3.05, 3.63) is 50.3 Å². The monoisotopic (exact) mass is 256 g/mol. The highest BCUT2D eigenvalue weighted by Gasteiger charge is 2.00. The minimum atomic E-state index is -0.117. The summed E-state index contributed by atoms with van der Waals surface area (Å²) < 4.78 is 3.97. The van der Waals surface area contributed by atoms with Crippen molar-refractivity contribution in [2.45, 2.75) is 20.3 Å². The highest BCUT2D eigenvalue weighted by molar-refractivity contribution is 7.02. The first kappa shape index (κ1) is 12.9. The molecule has 0 bridgehead atoms. The predicted molar refractivity (Wildman–Crippen MR) is 68.3 cm³/mol. The number of hydrogen-bond acceptors (Lipinski definition) is 3. The molecule has 1 heterocycles. The smallest absolute Gasteiger partial charge is 0.299 e. The van der Waals surface area contributed by atoms with E-state index in [1.165, 1.54) is 0 Å². The summed E-state index contributed by atoms with van der Waals surface area (Å²) in [5.41, 5.74) is 1.08. The number of halogens is 1. The van der Waals surface area contributed by atoms with Crippen molar-refractivity contribution in [2.24, 2.45) is 0 Å². The van der Waals surface area contributed by atoms with E-state index in [0.29, 0.717) is 17.3 Å². The number of aromatic amines is 1. The molecule has 2 aromatic rings. The Morgan fingerprint density at radius 2 is 1.94 bits per heavy atom. The standard InChI is InChI=1S/C9H7ClN2OS.C2H6/c10-7-3-1-6(2-4-7)5-8-11-9(13)14-12-8;1-2/h1-4H,5H2,(H,11,12,13);1-2H3. The van der Waals surface area contributed by atoms with Crippen molar-refractivity contribution in [3.63, 3.8) is 0 Å². The van der Waals surface area contributed by atoms with Crippen LogP contribution in [0.25, 0.3) is 0 Å². The largest absolute Gasteiger partial charge is 0.323 e. The Hall–Kier alpha value is -1.13. The molecule has 0 aliphatic rings. The Morgan fingerprint density at radius 1 is 1.31 bits per heavy atom. The lowest BCUT2D eigenvalue weighted by molar-refractivity contribution is 1.02. The van der Waals surface area contributed by atoms with E-state index in [1.54, 1.807) is 0 Å². The van der Waals surface area contributed by atoms with Crippen molar-refractivity contribution in [2.75, 3.05) is 0 Å². The summed E-state index contributed by atoms with van der Waals surface area (Å²) in [6.45, 7) is 4.00. The average Bonchev–Trinajstić information content (AvgIpc) is 2.70. The topological polar surface area (TPSA) is 45.8 Å². The van der Waals surface area contributed by atoms with Gasteiger partial charge in [0.05, 0.1) is 0 Å². The second-order valence-electron chi connectivity index (χ2n) is 2.84. The summed E-state index contributed by atoms with van der Waals surface area (Å²) in [7, 11) is 0. The number of hydrogen-bond donors (Lipinski definition) is 1. The fraction of sp³-hybridized carbons (Fsp3) is 0.273. The van der Waals surface area contributed by atoms with Gasteiger partial charge in [0.1, 0.15) is 5.82 Å². The Morgan fingerprint density at radius 3 is 2.44 bits per heavy atom. The minimum absolute atomic E-state index is 0.117. The van der Waals surface area contributed by atoms with Crippen LogP contribution in [0, 0.1) is 0 Å². The van der Waals surface area contributed by atoms with Crippen molar-refractivity contribution >= 4 is 23.1 Å². The van der Waals surface area contributed by atoms with Crippen LogP contribution in [-0.4, -0.2) is 9.36 Å². The van der Waals surface area contributed by atoms with Gasteiger partial charge in [0, 0.05) is 23.0 Å². The molecular weight excluding hydrogens is 244 g/mol. The molecule has 0 atom stereocenters. The normalized spacial score (nSPS) is 9.44. The van der Waals surface area contributed by atoms with E-state index in [4.69, 9.17) is 11.6 Å². The van der Waals surface area contributed by atoms with Gasteiger partial charge in [0.25, 0.3) is 0 Å². The average molecular weight is 257 g/mol. The molecule has 0 aliphatic heterocycles. The molecule has 1 N–H and O–H groups in total. The van der Waals surface area contributed by atoms with Crippen molar-refractivity contribution in [1.82, 2.24) is 9.36 Å². The van der Waals surface area contributed by atoms with Gasteiger partial charge in [-0.05, 0) is 17.7 Å². The third-order valence-electron chi connectivity index (χ3n) is 1.77. The summed E-state index contributed by atoms with van der Waals surface area (Å²) in [6, 6.07) is 7.47. The van der Waals surface area contributed by atoms with Gasteiger partial charge in [-0.25, -0.2) is 0 Å². The zero-order valence-electron chi connectivity index (χ0n) is 9.16. The Kier molecular flexibility index (Phi) is 5.22. The fourth-order valence-corrected chi connectivity index (χ4v) is 1.72. The van der Waals surface area contributed by atoms with Crippen LogP contribution in [-0.2, 0) is 6.42 Å². The summed E-state index contributed by atoms with van der Waals surface area (Å²) in [4.78, 5) is 13.4. The summed E-state index contributed by atoms with van der Waals surface area (Å²) in [5, 5.41) is 0.709. The van der Waals surface area contributed by atoms with E-state index < -0.39 is 0 Å². The Balaban J connectivity index is 0.000000606. The summed E-state index contributed by atoms with van der Waals surface area (Å²) in [5.74, 6) is 0.697. The quantitative estimate of drug-likeness (QED) is 0.898. The van der Waals surface area contributed by atoms with Gasteiger partial charge in [-0.2, -0.15) is 4.37 Å². The van der Waals surface area contributed by atoms with E-state index in [0.717, 1.165) is 17.1 Å². The molecule has 2 rings (SSSR count). The molecule has 0 radical (unpaired) electrons. The lowest BCUT2D eigenvalue weighted by Gasteiger charge is -1.96. The molecule has 0 saturated heterocycles. The lowest BCUT2D eigenvalue weighted by atomic mass is 10.1. The van der Waals surface area contributed by atoms with Gasteiger partial charge in [-0.15, -0.1) is 0 Å². The van der Waals surface area contributed by atoms with Gasteiger partial charge < -0.3 is 0 Å². The van der Waals surface area contributed by atoms with Gasteiger partial charge in [-0.1, -0.05) is 37.6 Å². The van der Waals surface area contributed by atoms with E-state index in [1.807, 2.05) is 38.1 Å². The fourth-order valence-electron chi connectivity index (χ4n) is 1.13. The lowest BCUT2D eigenvalue weighted by Crippen LogP contribution is -1.96. The van der Waals surface area contributed by atoms with Crippen LogP contribution >= 0.6 is 23.1 Å². The van der Waals surface area contributed by atoms with E-state index in [-0.39, 0.29) is 4.87 Å². The third-order valence-corrected chi connectivity index (χ3v) is 2.60. The van der Waals surface area contributed by atoms with Gasteiger partial charge in [0.15, 0.2) is 0 Å². The molecule has 16 heavy (non-hydrogen) atoms. The maximum absolute atomic E-state index is 10.8. The first-order valence-corrected chi connectivity index (χ1v) is 6.18. The van der Waals surface area contributed by atoms with Crippen LogP contribution in [0.4, 0.5) is 0 Å². The number of aromatic nitrogens is 2. The maximum Gasteiger partial charge on any atom is 0.323 e. The molecule has 1 aromatic carbocycles. The molecule has 0 aliphatic carbocycles. The summed E-state index contributed by atoms with van der Waals surface area (Å²) in [6.07, 6.45) is 0.635. The number of H-pyrrole nitrogens is 1. The SMILES string of the molecule is CC.O=c1[nH]c(Cc2ccc(Cl)cc2)ns1. The van der Waals surface area contributed by atoms with E-state index in [9.17, 15) is 4.79 Å². The first-order valence-electron chi connectivity index (χ1n) is 5.03. The molecule has 1 aromatic heterocycles. The molecule has 0 saturated carbocycles. The van der Waals surface area contributed by atoms with Crippen LogP contribution < -0.4 is 4.87 Å². The highest BCUT2D eigenvalue weighted by Crippen LogP contribution is 2.11. The van der Waals surface area contributed by atoms with Crippen molar-refractivity contribution in [3.8, 4) is 0 Å². The van der Waals surface area contributed by atoms with Crippen LogP contribution in [0.2, 0.25) is 5.02 Å². The van der Waals surface area contributed by atoms with E-state index in [2.05, 4.69) is 9.36 Å². The first-order chi connectivity index (χ1) is 7.74. The Bertz CT molecular complexity index is 475. The van der Waals surface area contributed by atoms with Crippen LogP contribution in [0.1, 0.15) is 25.2 Å². The van der Waals surface area contributed by atoms with Gasteiger partial charge >= 0.3 is 4.87 Å². The molecule has 5 heteroatoms. The second-order valence-corrected chi connectivity index (χ2v) is 4.02. The zero-order chi connectivity index (χ0) is 12.0. The third kappa shape index (κ3) is 3.79. The molecule has 86 valence electrons. The van der Waals surface area contributed by atoms with E-state index >= 15 is 0 Å². The molecular formula is C11H13ClN2OS. The predicted octanol–water partition coefficient (Wildman–Crippen LogP) is 3.10. The molecule has 0 fully saturated rings. The number of rotatable bonds is 2. The number of nitrogens with one attached hydrogen (secondary N) is 1. The Labute approximate surface area is 103 Å². The zero-order valence-corrected chi connectivity index (χ0v) is 10.7. The summed E-state index contributed by atoms with van der Waals surface area (Å²) >= 11 is 6.69.